The molecule has 1 aliphatic rings. The lowest BCUT2D eigenvalue weighted by molar-refractivity contribution is -0.136. The Labute approximate surface area is 108 Å². The van der Waals surface area contributed by atoms with Gasteiger partial charge in [0.25, 0.3) is 0 Å². The van der Waals surface area contributed by atoms with E-state index in [9.17, 15) is 4.79 Å². The van der Waals surface area contributed by atoms with E-state index in [-0.39, 0.29) is 23.9 Å². The van der Waals surface area contributed by atoms with Crippen LogP contribution in [0, 0.1) is 5.92 Å². The summed E-state index contributed by atoms with van der Waals surface area (Å²) < 4.78 is 0. The summed E-state index contributed by atoms with van der Waals surface area (Å²) in [6, 6.07) is 3.99. The topological polar surface area (TPSA) is 59.2 Å². The van der Waals surface area contributed by atoms with Gasteiger partial charge >= 0.3 is 0 Å². The maximum atomic E-state index is 12.4. The van der Waals surface area contributed by atoms with Crippen LogP contribution in [0.15, 0.2) is 24.5 Å². The molecule has 1 aromatic rings. The Bertz CT molecular complexity index is 407. The Morgan fingerprint density at radius 2 is 2.11 bits per heavy atom. The van der Waals surface area contributed by atoms with Gasteiger partial charge in [0.05, 0.1) is 12.0 Å². The zero-order valence-electron chi connectivity index (χ0n) is 11.0. The molecule has 3 atom stereocenters. The molecule has 0 spiro atoms. The van der Waals surface area contributed by atoms with Crippen molar-refractivity contribution in [2.75, 3.05) is 7.05 Å². The van der Waals surface area contributed by atoms with Crippen molar-refractivity contribution in [3.05, 3.63) is 30.1 Å². The molecule has 0 aromatic carbocycles. The van der Waals surface area contributed by atoms with Crippen LogP contribution in [0.2, 0.25) is 0 Å². The van der Waals surface area contributed by atoms with E-state index < -0.39 is 0 Å². The zero-order valence-corrected chi connectivity index (χ0v) is 11.0. The number of rotatable bonds is 3. The van der Waals surface area contributed by atoms with Crippen molar-refractivity contribution in [3.8, 4) is 0 Å². The predicted octanol–water partition coefficient (Wildman–Crippen LogP) is 1.73. The number of nitrogens with two attached hydrogens (primary N) is 1. The second kappa shape index (κ2) is 5.48. The number of hydrogen-bond acceptors (Lipinski definition) is 3. The first-order valence-corrected chi connectivity index (χ1v) is 6.53. The monoisotopic (exact) mass is 247 g/mol. The molecule has 1 aromatic heterocycles. The quantitative estimate of drug-likeness (QED) is 0.885. The number of amides is 1. The van der Waals surface area contributed by atoms with E-state index in [1.165, 1.54) is 0 Å². The molecule has 0 radical (unpaired) electrons. The van der Waals surface area contributed by atoms with Crippen LogP contribution in [0.25, 0.3) is 0 Å². The van der Waals surface area contributed by atoms with E-state index >= 15 is 0 Å². The summed E-state index contributed by atoms with van der Waals surface area (Å²) in [7, 11) is 1.86. The Morgan fingerprint density at radius 3 is 2.67 bits per heavy atom. The van der Waals surface area contributed by atoms with Crippen LogP contribution in [0.5, 0.6) is 0 Å². The minimum absolute atomic E-state index is 0.000660. The highest BCUT2D eigenvalue weighted by Crippen LogP contribution is 2.28. The number of nitrogens with zero attached hydrogens (tertiary/aromatic N) is 2. The lowest BCUT2D eigenvalue weighted by atomic mass is 10.0. The van der Waals surface area contributed by atoms with Crippen molar-refractivity contribution in [1.82, 2.24) is 9.88 Å². The highest BCUT2D eigenvalue weighted by atomic mass is 16.2. The smallest absolute Gasteiger partial charge is 0.227 e. The fourth-order valence-corrected chi connectivity index (χ4v) is 2.61. The largest absolute Gasteiger partial charge is 0.339 e. The molecular formula is C14H21N3O. The van der Waals surface area contributed by atoms with Crippen LogP contribution in [0.3, 0.4) is 0 Å². The first kappa shape index (κ1) is 13.0. The van der Waals surface area contributed by atoms with Gasteiger partial charge in [-0.2, -0.15) is 0 Å². The highest BCUT2D eigenvalue weighted by molar-refractivity contribution is 5.80. The Hall–Kier alpha value is -1.42. The van der Waals surface area contributed by atoms with Crippen molar-refractivity contribution in [3.63, 3.8) is 0 Å². The second-order valence-electron chi connectivity index (χ2n) is 5.11. The van der Waals surface area contributed by atoms with Gasteiger partial charge in [-0.05, 0) is 37.5 Å². The summed E-state index contributed by atoms with van der Waals surface area (Å²) in [5.74, 6) is 0.170. The molecule has 0 bridgehead atoms. The predicted molar refractivity (Wildman–Crippen MR) is 70.7 cm³/mol. The van der Waals surface area contributed by atoms with Gasteiger partial charge < -0.3 is 10.6 Å². The molecular weight excluding hydrogens is 226 g/mol. The van der Waals surface area contributed by atoms with E-state index in [4.69, 9.17) is 5.73 Å². The SMILES string of the molecule is CC(c1ccncc1)N(C)C(=O)C1CCCC1N. The molecule has 2 rings (SSSR count). The minimum Gasteiger partial charge on any atom is -0.339 e. The molecule has 1 saturated carbocycles. The molecule has 2 N–H and O–H groups in total. The average molecular weight is 247 g/mol. The second-order valence-corrected chi connectivity index (χ2v) is 5.11. The lowest BCUT2D eigenvalue weighted by Crippen LogP contribution is -2.40. The third-order valence-corrected chi connectivity index (χ3v) is 4.00. The summed E-state index contributed by atoms with van der Waals surface area (Å²) in [4.78, 5) is 18.2. The lowest BCUT2D eigenvalue weighted by Gasteiger charge is -2.29. The molecule has 4 nitrogen and oxygen atoms in total. The van der Waals surface area contributed by atoms with Crippen LogP contribution in [0.1, 0.15) is 37.8 Å². The van der Waals surface area contributed by atoms with Crippen molar-refractivity contribution in [2.45, 2.75) is 38.3 Å². The number of aromatic nitrogens is 1. The van der Waals surface area contributed by atoms with E-state index in [1.54, 1.807) is 12.4 Å². The van der Waals surface area contributed by atoms with Crippen molar-refractivity contribution >= 4 is 5.91 Å². The third kappa shape index (κ3) is 2.53. The van der Waals surface area contributed by atoms with Crippen molar-refractivity contribution < 1.29 is 4.79 Å². The van der Waals surface area contributed by atoms with Gasteiger partial charge in [-0.1, -0.05) is 6.42 Å². The fraction of sp³-hybridized carbons (Fsp3) is 0.571. The maximum Gasteiger partial charge on any atom is 0.227 e. The summed E-state index contributed by atoms with van der Waals surface area (Å²) in [5.41, 5.74) is 7.10. The summed E-state index contributed by atoms with van der Waals surface area (Å²) >= 11 is 0. The molecule has 0 saturated heterocycles. The molecule has 3 unspecified atom stereocenters. The summed E-state index contributed by atoms with van der Waals surface area (Å²) in [6.45, 7) is 2.04. The number of hydrogen-bond donors (Lipinski definition) is 1. The number of carbonyl (C=O) groups is 1. The van der Waals surface area contributed by atoms with Gasteiger partial charge in [-0.15, -0.1) is 0 Å². The van der Waals surface area contributed by atoms with Crippen molar-refractivity contribution in [1.29, 1.82) is 0 Å². The fourth-order valence-electron chi connectivity index (χ4n) is 2.61. The highest BCUT2D eigenvalue weighted by Gasteiger charge is 2.33. The van der Waals surface area contributed by atoms with Crippen molar-refractivity contribution in [2.24, 2.45) is 11.7 Å². The van der Waals surface area contributed by atoms with Gasteiger partial charge in [-0.25, -0.2) is 0 Å². The molecule has 1 amide bonds. The molecule has 1 fully saturated rings. The number of carbonyl (C=O) groups excluding carboxylic acids is 1. The van der Waals surface area contributed by atoms with E-state index in [0.29, 0.717) is 0 Å². The molecule has 18 heavy (non-hydrogen) atoms. The van der Waals surface area contributed by atoms with E-state index in [1.807, 2.05) is 31.0 Å². The van der Waals surface area contributed by atoms with Crippen LogP contribution < -0.4 is 5.73 Å². The standard InChI is InChI=1S/C14H21N3O/c1-10(11-6-8-16-9-7-11)17(2)14(18)12-4-3-5-13(12)15/h6-10,12-13H,3-5,15H2,1-2H3. The summed E-state index contributed by atoms with van der Waals surface area (Å²) in [5, 5.41) is 0. The van der Waals surface area contributed by atoms with Crippen LogP contribution in [-0.2, 0) is 4.79 Å². The Balaban J connectivity index is 2.07. The first-order valence-electron chi connectivity index (χ1n) is 6.53. The maximum absolute atomic E-state index is 12.4. The van der Waals surface area contributed by atoms with E-state index in [2.05, 4.69) is 4.98 Å². The molecule has 0 aliphatic heterocycles. The van der Waals surface area contributed by atoms with Gasteiger partial charge in [0.15, 0.2) is 0 Å². The number of pyridine rings is 1. The molecule has 4 heteroatoms. The average Bonchev–Trinajstić information content (AvgIpc) is 2.83. The van der Waals surface area contributed by atoms with E-state index in [0.717, 1.165) is 24.8 Å². The molecule has 1 heterocycles. The third-order valence-electron chi connectivity index (χ3n) is 4.00. The zero-order chi connectivity index (χ0) is 13.1. The van der Waals surface area contributed by atoms with Gasteiger partial charge in [-0.3, -0.25) is 9.78 Å². The van der Waals surface area contributed by atoms with Crippen LogP contribution in [-0.4, -0.2) is 28.9 Å². The van der Waals surface area contributed by atoms with Gasteiger partial charge in [0, 0.05) is 25.5 Å². The van der Waals surface area contributed by atoms with Gasteiger partial charge in [0.1, 0.15) is 0 Å². The van der Waals surface area contributed by atoms with Gasteiger partial charge in [0.2, 0.25) is 5.91 Å². The normalized spacial score (nSPS) is 24.8. The summed E-state index contributed by atoms with van der Waals surface area (Å²) in [6.07, 6.45) is 6.47. The first-order chi connectivity index (χ1) is 8.61. The molecule has 98 valence electrons. The Kier molecular flexibility index (Phi) is 3.97. The molecule has 1 aliphatic carbocycles. The minimum atomic E-state index is -0.000660. The Morgan fingerprint density at radius 1 is 1.44 bits per heavy atom. The van der Waals surface area contributed by atoms with Crippen LogP contribution >= 0.6 is 0 Å². The van der Waals surface area contributed by atoms with Crippen LogP contribution in [0.4, 0.5) is 0 Å².